The molecule has 114 valence electrons. The summed E-state index contributed by atoms with van der Waals surface area (Å²) in [4.78, 5) is 14.2. The van der Waals surface area contributed by atoms with Crippen molar-refractivity contribution in [3.05, 3.63) is 33.2 Å². The van der Waals surface area contributed by atoms with Crippen molar-refractivity contribution in [1.82, 2.24) is 29.4 Å². The molecule has 0 aliphatic carbocycles. The molecule has 0 spiro atoms. The Labute approximate surface area is 130 Å². The van der Waals surface area contributed by atoms with Gasteiger partial charge in [0.15, 0.2) is 5.82 Å². The van der Waals surface area contributed by atoms with Crippen molar-refractivity contribution in [1.29, 1.82) is 0 Å². The number of nitrogens with zero attached hydrogens (tertiary/aromatic N) is 6. The van der Waals surface area contributed by atoms with E-state index in [1.165, 1.54) is 4.68 Å². The van der Waals surface area contributed by atoms with E-state index in [0.717, 1.165) is 12.4 Å². The van der Waals surface area contributed by atoms with Crippen LogP contribution in [0, 0.1) is 0 Å². The summed E-state index contributed by atoms with van der Waals surface area (Å²) < 4.78 is 3.72. The molecule has 2 rings (SSSR count). The fourth-order valence-corrected chi connectivity index (χ4v) is 2.13. The molecule has 0 amide bonds. The third-order valence-corrected chi connectivity index (χ3v) is 3.75. The fraction of sp³-hybridized carbons (Fsp3) is 0.500. The Morgan fingerprint density at radius 3 is 2.81 bits per heavy atom. The molecular weight excluding hydrogens is 338 g/mol. The molecule has 0 aromatic carbocycles. The molecule has 0 bridgehead atoms. The molecule has 0 unspecified atom stereocenters. The molecule has 8 nitrogen and oxygen atoms in total. The number of hydrogen-bond acceptors (Lipinski definition) is 6. The molecule has 21 heavy (non-hydrogen) atoms. The van der Waals surface area contributed by atoms with Gasteiger partial charge in [-0.15, -0.1) is 10.2 Å². The second-order valence-electron chi connectivity index (χ2n) is 4.92. The third kappa shape index (κ3) is 3.88. The van der Waals surface area contributed by atoms with Gasteiger partial charge >= 0.3 is 0 Å². The predicted molar refractivity (Wildman–Crippen MR) is 83.1 cm³/mol. The first-order valence-corrected chi connectivity index (χ1v) is 7.25. The Morgan fingerprint density at radius 2 is 2.19 bits per heavy atom. The summed E-state index contributed by atoms with van der Waals surface area (Å²) in [5.74, 6) is 0.777. The molecular formula is C12H18BrN7O. The summed E-state index contributed by atoms with van der Waals surface area (Å²) in [6.07, 6.45) is 3.26. The molecule has 2 aromatic rings. The Balaban J connectivity index is 2.09. The zero-order valence-corrected chi connectivity index (χ0v) is 13.8. The van der Waals surface area contributed by atoms with E-state index in [1.54, 1.807) is 12.5 Å². The van der Waals surface area contributed by atoms with E-state index in [0.29, 0.717) is 23.2 Å². The minimum absolute atomic E-state index is 0.153. The van der Waals surface area contributed by atoms with Crippen molar-refractivity contribution in [2.45, 2.75) is 13.1 Å². The van der Waals surface area contributed by atoms with Gasteiger partial charge in [-0.05, 0) is 30.0 Å². The molecule has 0 aliphatic heterocycles. The maximum absolute atomic E-state index is 12.2. The minimum Gasteiger partial charge on any atom is -0.375 e. The van der Waals surface area contributed by atoms with Crippen molar-refractivity contribution < 1.29 is 0 Å². The number of hydrogen-bond donors (Lipinski definition) is 1. The summed E-state index contributed by atoms with van der Waals surface area (Å²) in [6.45, 7) is 1.77. The number of anilines is 1. The topological polar surface area (TPSA) is 80.9 Å². The van der Waals surface area contributed by atoms with Crippen LogP contribution in [0.15, 0.2) is 21.8 Å². The van der Waals surface area contributed by atoms with E-state index in [2.05, 4.69) is 36.5 Å². The Bertz CT molecular complexity index is 664. The van der Waals surface area contributed by atoms with Crippen LogP contribution in [-0.4, -0.2) is 50.1 Å². The lowest BCUT2D eigenvalue weighted by atomic mass is 10.4. The van der Waals surface area contributed by atoms with E-state index < -0.39 is 0 Å². The van der Waals surface area contributed by atoms with Gasteiger partial charge in [0.2, 0.25) is 0 Å². The largest absolute Gasteiger partial charge is 0.375 e. The summed E-state index contributed by atoms with van der Waals surface area (Å²) in [5.41, 5.74) is 0.490. The summed E-state index contributed by atoms with van der Waals surface area (Å²) >= 11 is 3.33. The quantitative estimate of drug-likeness (QED) is 0.802. The highest BCUT2D eigenvalue weighted by atomic mass is 79.9. The third-order valence-electron chi connectivity index (χ3n) is 2.99. The molecule has 9 heteroatoms. The zero-order chi connectivity index (χ0) is 15.4. The van der Waals surface area contributed by atoms with Crippen LogP contribution in [0.3, 0.4) is 0 Å². The van der Waals surface area contributed by atoms with Crippen molar-refractivity contribution in [2.75, 3.05) is 26.0 Å². The van der Waals surface area contributed by atoms with Crippen LogP contribution in [0.2, 0.25) is 0 Å². The van der Waals surface area contributed by atoms with Crippen LogP contribution in [0.1, 0.15) is 5.82 Å². The normalized spacial score (nSPS) is 11.1. The molecule has 0 fully saturated rings. The molecule has 0 saturated heterocycles. The minimum atomic E-state index is -0.153. The second kappa shape index (κ2) is 6.81. The SMILES string of the molecule is CN(C)CCn1ncc(NCc2nncn2C)c(Br)c1=O. The predicted octanol–water partition coefficient (Wildman–Crippen LogP) is 0.308. The fourth-order valence-electron chi connectivity index (χ4n) is 1.68. The highest BCUT2D eigenvalue weighted by Crippen LogP contribution is 2.16. The summed E-state index contributed by atoms with van der Waals surface area (Å²) in [6, 6.07) is 0. The van der Waals surface area contributed by atoms with Crippen LogP contribution < -0.4 is 10.9 Å². The standard InChI is InChI=1S/C12H18BrN7O/c1-18(2)4-5-20-12(21)11(13)9(6-16-20)14-7-10-17-15-8-19(10)3/h6,8,14H,4-5,7H2,1-3H3. The number of likely N-dealkylation sites (N-methyl/N-ethyl adjacent to an activating group) is 1. The van der Waals surface area contributed by atoms with Gasteiger partial charge in [0.25, 0.3) is 5.56 Å². The lowest BCUT2D eigenvalue weighted by Gasteiger charge is -2.12. The van der Waals surface area contributed by atoms with Gasteiger partial charge < -0.3 is 14.8 Å². The highest BCUT2D eigenvalue weighted by molar-refractivity contribution is 9.10. The van der Waals surface area contributed by atoms with Gasteiger partial charge in [-0.2, -0.15) is 5.10 Å². The van der Waals surface area contributed by atoms with Crippen LogP contribution >= 0.6 is 15.9 Å². The smallest absolute Gasteiger partial charge is 0.283 e. The molecule has 0 saturated carbocycles. The number of halogens is 1. The lowest BCUT2D eigenvalue weighted by Crippen LogP contribution is -2.29. The highest BCUT2D eigenvalue weighted by Gasteiger charge is 2.10. The average Bonchev–Trinajstić information content (AvgIpc) is 2.85. The monoisotopic (exact) mass is 355 g/mol. The molecule has 0 aliphatic rings. The first-order valence-electron chi connectivity index (χ1n) is 6.46. The molecule has 1 N–H and O–H groups in total. The Kier molecular flexibility index (Phi) is 5.07. The molecule has 2 heterocycles. The lowest BCUT2D eigenvalue weighted by molar-refractivity contribution is 0.367. The van der Waals surface area contributed by atoms with Gasteiger partial charge in [0, 0.05) is 13.6 Å². The van der Waals surface area contributed by atoms with Crippen molar-refractivity contribution >= 4 is 21.6 Å². The maximum atomic E-state index is 12.2. The first-order chi connectivity index (χ1) is 9.99. The molecule has 2 aromatic heterocycles. The van der Waals surface area contributed by atoms with Crippen molar-refractivity contribution in [2.24, 2.45) is 7.05 Å². The van der Waals surface area contributed by atoms with Crippen molar-refractivity contribution in [3.8, 4) is 0 Å². The van der Waals surface area contributed by atoms with Crippen LogP contribution in [0.5, 0.6) is 0 Å². The summed E-state index contributed by atoms with van der Waals surface area (Å²) in [5, 5.41) is 15.1. The van der Waals surface area contributed by atoms with Gasteiger partial charge in [-0.3, -0.25) is 4.79 Å². The number of nitrogens with one attached hydrogen (secondary N) is 1. The number of aromatic nitrogens is 5. The zero-order valence-electron chi connectivity index (χ0n) is 12.2. The molecule has 0 atom stereocenters. The molecule has 0 radical (unpaired) electrons. The van der Waals surface area contributed by atoms with E-state index in [4.69, 9.17) is 0 Å². The van der Waals surface area contributed by atoms with Gasteiger partial charge in [0.05, 0.1) is 25.0 Å². The van der Waals surface area contributed by atoms with Crippen molar-refractivity contribution in [3.63, 3.8) is 0 Å². The van der Waals surface area contributed by atoms with Gasteiger partial charge in [-0.1, -0.05) is 0 Å². The van der Waals surface area contributed by atoms with Gasteiger partial charge in [-0.25, -0.2) is 4.68 Å². The Hall–Kier alpha value is -1.74. The van der Waals surface area contributed by atoms with E-state index in [1.807, 2.05) is 30.6 Å². The first kappa shape index (κ1) is 15.6. The van der Waals surface area contributed by atoms with E-state index >= 15 is 0 Å². The number of rotatable bonds is 6. The van der Waals surface area contributed by atoms with Crippen LogP contribution in [0.25, 0.3) is 0 Å². The van der Waals surface area contributed by atoms with Gasteiger partial charge in [0.1, 0.15) is 10.8 Å². The average molecular weight is 356 g/mol. The van der Waals surface area contributed by atoms with Crippen LogP contribution in [-0.2, 0) is 20.1 Å². The maximum Gasteiger partial charge on any atom is 0.283 e. The Morgan fingerprint density at radius 1 is 1.43 bits per heavy atom. The number of aryl methyl sites for hydroxylation is 1. The van der Waals surface area contributed by atoms with E-state index in [-0.39, 0.29) is 5.56 Å². The van der Waals surface area contributed by atoms with E-state index in [9.17, 15) is 4.79 Å². The van der Waals surface area contributed by atoms with Crippen LogP contribution in [0.4, 0.5) is 5.69 Å². The summed E-state index contributed by atoms with van der Waals surface area (Å²) in [7, 11) is 5.78. The second-order valence-corrected chi connectivity index (χ2v) is 5.71.